The Morgan fingerprint density at radius 2 is 2.00 bits per heavy atom. The van der Waals surface area contributed by atoms with Crippen LogP contribution in [0.1, 0.15) is 36.6 Å². The zero-order chi connectivity index (χ0) is 20.0. The molecule has 7 heteroatoms. The van der Waals surface area contributed by atoms with Crippen LogP contribution in [-0.4, -0.2) is 49.0 Å². The predicted octanol–water partition coefficient (Wildman–Crippen LogP) is 2.77. The van der Waals surface area contributed by atoms with E-state index in [1.165, 1.54) is 5.56 Å². The zero-order valence-corrected chi connectivity index (χ0v) is 17.4. The second kappa shape index (κ2) is 9.30. The van der Waals surface area contributed by atoms with Gasteiger partial charge in [-0.15, -0.1) is 0 Å². The molecule has 7 nitrogen and oxygen atoms in total. The van der Waals surface area contributed by atoms with Crippen molar-refractivity contribution >= 4 is 5.96 Å². The van der Waals surface area contributed by atoms with Gasteiger partial charge < -0.3 is 19.7 Å². The summed E-state index contributed by atoms with van der Waals surface area (Å²) in [6, 6.07) is 5.81. The molecule has 148 valence electrons. The number of methoxy groups -OCH3 is 2. The second-order valence-electron chi connectivity index (χ2n) is 6.80. The Bertz CT molecular complexity index is 783. The van der Waals surface area contributed by atoms with Crippen molar-refractivity contribution in [2.75, 3.05) is 28.3 Å². The van der Waals surface area contributed by atoms with E-state index in [1.807, 2.05) is 37.0 Å². The van der Waals surface area contributed by atoms with E-state index in [0.717, 1.165) is 35.3 Å². The highest BCUT2D eigenvalue weighted by atomic mass is 16.5. The third kappa shape index (κ3) is 5.15. The molecule has 0 radical (unpaired) electrons. The van der Waals surface area contributed by atoms with Crippen molar-refractivity contribution in [1.82, 2.24) is 20.0 Å². The smallest absolute Gasteiger partial charge is 0.193 e. The third-order valence-electron chi connectivity index (χ3n) is 4.40. The molecule has 0 amide bonds. The molecule has 1 aromatic carbocycles. The Morgan fingerprint density at radius 1 is 1.26 bits per heavy atom. The lowest BCUT2D eigenvalue weighted by Gasteiger charge is -2.23. The molecule has 0 unspecified atom stereocenters. The number of hydrogen-bond donors (Lipinski definition) is 1. The van der Waals surface area contributed by atoms with Crippen molar-refractivity contribution < 1.29 is 9.47 Å². The first kappa shape index (κ1) is 20.6. The summed E-state index contributed by atoms with van der Waals surface area (Å²) >= 11 is 0. The number of aliphatic imine (C=N–C) groups is 1. The van der Waals surface area contributed by atoms with Crippen LogP contribution in [0.15, 0.2) is 29.4 Å². The molecular weight excluding hydrogens is 342 g/mol. The topological polar surface area (TPSA) is 63.9 Å². The Balaban J connectivity index is 2.07. The van der Waals surface area contributed by atoms with Crippen LogP contribution >= 0.6 is 0 Å². The number of guanidine groups is 1. The number of hydrogen-bond acceptors (Lipinski definition) is 4. The van der Waals surface area contributed by atoms with Gasteiger partial charge >= 0.3 is 0 Å². The van der Waals surface area contributed by atoms with Gasteiger partial charge in [0.15, 0.2) is 5.96 Å². The molecular formula is C20H31N5O2. The number of benzene rings is 1. The maximum atomic E-state index is 5.47. The maximum Gasteiger partial charge on any atom is 0.193 e. The summed E-state index contributed by atoms with van der Waals surface area (Å²) in [5.74, 6) is 2.75. The van der Waals surface area contributed by atoms with Crippen LogP contribution in [0.25, 0.3) is 0 Å². The van der Waals surface area contributed by atoms with Gasteiger partial charge in [-0.25, -0.2) is 0 Å². The van der Waals surface area contributed by atoms with Gasteiger partial charge in [0.2, 0.25) is 0 Å². The monoisotopic (exact) mass is 373 g/mol. The van der Waals surface area contributed by atoms with Crippen molar-refractivity contribution in [2.45, 2.75) is 32.9 Å². The number of aromatic nitrogens is 2. The highest BCUT2D eigenvalue weighted by Crippen LogP contribution is 2.24. The first-order chi connectivity index (χ1) is 12.9. The fourth-order valence-electron chi connectivity index (χ4n) is 3.05. The third-order valence-corrected chi connectivity index (χ3v) is 4.40. The van der Waals surface area contributed by atoms with Crippen molar-refractivity contribution in [3.63, 3.8) is 0 Å². The second-order valence-corrected chi connectivity index (χ2v) is 6.80. The van der Waals surface area contributed by atoms with Gasteiger partial charge in [-0.05, 0) is 18.1 Å². The molecule has 1 N–H and O–H groups in total. The van der Waals surface area contributed by atoms with Crippen LogP contribution in [0.5, 0.6) is 11.5 Å². The molecule has 0 aliphatic rings. The molecule has 27 heavy (non-hydrogen) atoms. The van der Waals surface area contributed by atoms with Crippen molar-refractivity contribution in [3.8, 4) is 11.5 Å². The molecule has 1 aromatic heterocycles. The summed E-state index contributed by atoms with van der Waals surface area (Å²) in [7, 11) is 9.08. The van der Waals surface area contributed by atoms with Crippen molar-refractivity contribution in [2.24, 2.45) is 12.0 Å². The summed E-state index contributed by atoms with van der Waals surface area (Å²) in [6.45, 7) is 5.67. The van der Waals surface area contributed by atoms with Crippen LogP contribution in [0.2, 0.25) is 0 Å². The molecule has 2 aromatic rings. The minimum atomic E-state index is 0.383. The fourth-order valence-corrected chi connectivity index (χ4v) is 3.05. The molecule has 2 rings (SSSR count). The average molecular weight is 374 g/mol. The molecule has 0 aliphatic carbocycles. The van der Waals surface area contributed by atoms with E-state index in [0.29, 0.717) is 12.5 Å². The van der Waals surface area contributed by atoms with Gasteiger partial charge in [-0.3, -0.25) is 9.67 Å². The number of nitrogens with zero attached hydrogens (tertiary/aromatic N) is 4. The minimum Gasteiger partial charge on any atom is -0.497 e. The van der Waals surface area contributed by atoms with Gasteiger partial charge in [0.25, 0.3) is 0 Å². The van der Waals surface area contributed by atoms with Crippen LogP contribution in [0.3, 0.4) is 0 Å². The molecule has 0 spiro atoms. The molecule has 0 saturated carbocycles. The van der Waals surface area contributed by atoms with E-state index < -0.39 is 0 Å². The highest BCUT2D eigenvalue weighted by molar-refractivity contribution is 5.79. The lowest BCUT2D eigenvalue weighted by Crippen LogP contribution is -2.38. The Hall–Kier alpha value is -2.70. The largest absolute Gasteiger partial charge is 0.497 e. The Kier molecular flexibility index (Phi) is 7.10. The van der Waals surface area contributed by atoms with Crippen LogP contribution < -0.4 is 14.8 Å². The summed E-state index contributed by atoms with van der Waals surface area (Å²) in [5, 5.41) is 7.98. The van der Waals surface area contributed by atoms with Gasteiger partial charge in [-0.2, -0.15) is 5.10 Å². The first-order valence-corrected chi connectivity index (χ1v) is 9.04. The van der Waals surface area contributed by atoms with Gasteiger partial charge in [0.05, 0.1) is 19.9 Å². The summed E-state index contributed by atoms with van der Waals surface area (Å²) < 4.78 is 12.6. The first-order valence-electron chi connectivity index (χ1n) is 9.04. The Morgan fingerprint density at radius 3 is 2.59 bits per heavy atom. The number of ether oxygens (including phenoxy) is 2. The van der Waals surface area contributed by atoms with E-state index in [-0.39, 0.29) is 0 Å². The van der Waals surface area contributed by atoms with E-state index >= 15 is 0 Å². The fraction of sp³-hybridized carbons (Fsp3) is 0.500. The maximum absolute atomic E-state index is 5.47. The van der Waals surface area contributed by atoms with Crippen LogP contribution in [-0.2, 0) is 20.1 Å². The van der Waals surface area contributed by atoms with Gasteiger partial charge in [0, 0.05) is 57.6 Å². The highest BCUT2D eigenvalue weighted by Gasteiger charge is 2.15. The minimum absolute atomic E-state index is 0.383. The molecule has 0 fully saturated rings. The lowest BCUT2D eigenvalue weighted by molar-refractivity contribution is 0.390. The van der Waals surface area contributed by atoms with Gasteiger partial charge in [0.1, 0.15) is 11.5 Å². The number of rotatable bonds is 7. The molecule has 0 bridgehead atoms. The van der Waals surface area contributed by atoms with Crippen LogP contribution in [0, 0.1) is 0 Å². The summed E-state index contributed by atoms with van der Waals surface area (Å²) in [5.41, 5.74) is 3.37. The summed E-state index contributed by atoms with van der Waals surface area (Å²) in [6.07, 6.45) is 2.08. The van der Waals surface area contributed by atoms with E-state index in [4.69, 9.17) is 9.47 Å². The van der Waals surface area contributed by atoms with E-state index in [2.05, 4.69) is 40.4 Å². The molecule has 0 saturated heterocycles. The molecule has 0 aliphatic heterocycles. The SMILES string of the molecule is CN=C(NCc1ccc(OC)cc1OC)N(C)Cc1cn(C)nc1C(C)C. The zero-order valence-electron chi connectivity index (χ0n) is 17.4. The van der Waals surface area contributed by atoms with Crippen molar-refractivity contribution in [3.05, 3.63) is 41.2 Å². The van der Waals surface area contributed by atoms with Crippen LogP contribution in [0.4, 0.5) is 0 Å². The summed E-state index contributed by atoms with van der Waals surface area (Å²) in [4.78, 5) is 6.50. The standard InChI is InChI=1S/C20H31N5O2/c1-14(2)19-16(13-25(5)23-19)12-24(4)20(21-3)22-11-15-8-9-17(26-6)10-18(15)27-7/h8-10,13-14H,11-12H2,1-7H3,(H,21,22). The van der Waals surface area contributed by atoms with Crippen molar-refractivity contribution in [1.29, 1.82) is 0 Å². The quantitative estimate of drug-likeness (QED) is 0.597. The predicted molar refractivity (Wildman–Crippen MR) is 109 cm³/mol. The average Bonchev–Trinajstić information content (AvgIpc) is 3.02. The normalized spacial score (nSPS) is 11.6. The molecule has 1 heterocycles. The Labute approximate surface area is 162 Å². The lowest BCUT2D eigenvalue weighted by atomic mass is 10.1. The number of nitrogens with one attached hydrogen (secondary N) is 1. The molecule has 0 atom stereocenters. The van der Waals surface area contributed by atoms with Gasteiger partial charge in [-0.1, -0.05) is 13.8 Å². The van der Waals surface area contributed by atoms with E-state index in [1.54, 1.807) is 21.3 Å². The number of aryl methyl sites for hydroxylation is 1. The van der Waals surface area contributed by atoms with E-state index in [9.17, 15) is 0 Å².